The van der Waals surface area contributed by atoms with Gasteiger partial charge in [0.1, 0.15) is 6.54 Å². The molecule has 0 bridgehead atoms. The van der Waals surface area contributed by atoms with E-state index < -0.39 is 21.9 Å². The molecule has 0 aromatic heterocycles. The van der Waals surface area contributed by atoms with E-state index in [0.717, 1.165) is 0 Å². The summed E-state index contributed by atoms with van der Waals surface area (Å²) in [7, 11) is -3.31. The summed E-state index contributed by atoms with van der Waals surface area (Å²) in [5.74, 6) is -1.41. The average Bonchev–Trinajstić information content (AvgIpc) is 2.83. The topological polar surface area (TPSA) is 95.0 Å². The van der Waals surface area contributed by atoms with Gasteiger partial charge in [-0.3, -0.25) is 13.9 Å². The molecule has 0 radical (unpaired) electrons. The van der Waals surface area contributed by atoms with Crippen molar-refractivity contribution in [2.75, 3.05) is 29.7 Å². The highest BCUT2D eigenvalue weighted by Crippen LogP contribution is 2.25. The molecule has 1 amide bonds. The summed E-state index contributed by atoms with van der Waals surface area (Å²) in [5.41, 5.74) is 0.720. The summed E-state index contributed by atoms with van der Waals surface area (Å²) in [6.07, 6.45) is 0.556. The Morgan fingerprint density at radius 3 is 2.64 bits per heavy atom. The van der Waals surface area contributed by atoms with Crippen molar-refractivity contribution in [2.45, 2.75) is 13.3 Å². The smallest absolute Gasteiger partial charge is 0.323 e. The second-order valence-corrected chi connectivity index (χ2v) is 7.02. The summed E-state index contributed by atoms with van der Waals surface area (Å²) in [4.78, 5) is 24.3. The number of carboxylic acids is 1. The number of benzene rings is 1. The Balaban J connectivity index is 2.28. The number of sulfonamides is 1. The number of anilines is 1. The van der Waals surface area contributed by atoms with Crippen LogP contribution in [0.2, 0.25) is 0 Å². The molecule has 7 nitrogen and oxygen atoms in total. The molecule has 1 saturated heterocycles. The predicted molar refractivity (Wildman–Crippen MR) is 81.4 cm³/mol. The number of hydrogen-bond donors (Lipinski definition) is 1. The molecule has 0 spiro atoms. The third-order valence-corrected chi connectivity index (χ3v) is 5.34. The molecule has 8 heteroatoms. The van der Waals surface area contributed by atoms with Gasteiger partial charge < -0.3 is 10.0 Å². The largest absolute Gasteiger partial charge is 0.480 e. The Kier molecular flexibility index (Phi) is 4.70. The molecule has 120 valence electrons. The van der Waals surface area contributed by atoms with Crippen molar-refractivity contribution < 1.29 is 23.1 Å². The predicted octanol–water partition coefficient (Wildman–Crippen LogP) is 0.773. The third kappa shape index (κ3) is 3.38. The number of carbonyl (C=O) groups excluding carboxylic acids is 1. The number of carboxylic acid groups (broad SMARTS) is 1. The van der Waals surface area contributed by atoms with E-state index in [-0.39, 0.29) is 24.4 Å². The number of amides is 1. The van der Waals surface area contributed by atoms with Crippen molar-refractivity contribution in [1.29, 1.82) is 0 Å². The maximum atomic E-state index is 12.3. The van der Waals surface area contributed by atoms with Crippen LogP contribution in [0.3, 0.4) is 0 Å². The molecule has 1 aliphatic heterocycles. The third-order valence-electron chi connectivity index (χ3n) is 3.48. The van der Waals surface area contributed by atoms with Crippen LogP contribution in [0.25, 0.3) is 0 Å². The van der Waals surface area contributed by atoms with Crippen LogP contribution in [0, 0.1) is 0 Å². The average molecular weight is 326 g/mol. The number of carbonyl (C=O) groups is 2. The SMILES string of the molecule is CCN(CC(=O)O)C(=O)c1cccc(N2CCCS2(=O)=O)c1. The molecule has 0 unspecified atom stereocenters. The monoisotopic (exact) mass is 326 g/mol. The van der Waals surface area contributed by atoms with E-state index in [0.29, 0.717) is 18.7 Å². The number of likely N-dealkylation sites (N-methyl/N-ethyl adjacent to an activating group) is 1. The molecular weight excluding hydrogens is 308 g/mol. The lowest BCUT2D eigenvalue weighted by molar-refractivity contribution is -0.137. The van der Waals surface area contributed by atoms with Gasteiger partial charge in [-0.1, -0.05) is 6.07 Å². The number of aliphatic carboxylic acids is 1. The van der Waals surface area contributed by atoms with Crippen LogP contribution in [-0.2, 0) is 14.8 Å². The van der Waals surface area contributed by atoms with Gasteiger partial charge >= 0.3 is 5.97 Å². The molecule has 1 aromatic rings. The van der Waals surface area contributed by atoms with Gasteiger partial charge in [-0.15, -0.1) is 0 Å². The van der Waals surface area contributed by atoms with Crippen LogP contribution in [0.1, 0.15) is 23.7 Å². The highest BCUT2D eigenvalue weighted by atomic mass is 32.2. The number of hydrogen-bond acceptors (Lipinski definition) is 4. The minimum absolute atomic E-state index is 0.102. The quantitative estimate of drug-likeness (QED) is 0.862. The molecule has 1 aromatic carbocycles. The van der Waals surface area contributed by atoms with E-state index in [2.05, 4.69) is 0 Å². The van der Waals surface area contributed by atoms with Gasteiger partial charge in [0, 0.05) is 18.7 Å². The van der Waals surface area contributed by atoms with Gasteiger partial charge in [-0.2, -0.15) is 0 Å². The highest BCUT2D eigenvalue weighted by molar-refractivity contribution is 7.93. The van der Waals surface area contributed by atoms with Crippen LogP contribution in [0.15, 0.2) is 24.3 Å². The fourth-order valence-corrected chi connectivity index (χ4v) is 3.95. The molecule has 1 heterocycles. The summed E-state index contributed by atoms with van der Waals surface area (Å²) in [6.45, 7) is 1.96. The van der Waals surface area contributed by atoms with E-state index in [1.54, 1.807) is 25.1 Å². The van der Waals surface area contributed by atoms with Crippen LogP contribution in [0.4, 0.5) is 5.69 Å². The van der Waals surface area contributed by atoms with Crippen LogP contribution >= 0.6 is 0 Å². The lowest BCUT2D eigenvalue weighted by Gasteiger charge is -2.21. The van der Waals surface area contributed by atoms with Crippen molar-refractivity contribution >= 4 is 27.6 Å². The lowest BCUT2D eigenvalue weighted by atomic mass is 10.1. The van der Waals surface area contributed by atoms with E-state index in [1.165, 1.54) is 15.3 Å². The van der Waals surface area contributed by atoms with Gasteiger partial charge in [0.15, 0.2) is 0 Å². The van der Waals surface area contributed by atoms with Crippen LogP contribution < -0.4 is 4.31 Å². The van der Waals surface area contributed by atoms with E-state index in [4.69, 9.17) is 5.11 Å². The first kappa shape index (κ1) is 16.3. The first-order valence-electron chi connectivity index (χ1n) is 6.96. The van der Waals surface area contributed by atoms with Crippen LogP contribution in [0.5, 0.6) is 0 Å². The Hall–Kier alpha value is -2.09. The maximum Gasteiger partial charge on any atom is 0.323 e. The Labute approximate surface area is 129 Å². The van der Waals surface area contributed by atoms with Gasteiger partial charge in [0.2, 0.25) is 10.0 Å². The molecule has 1 fully saturated rings. The van der Waals surface area contributed by atoms with Crippen molar-refractivity contribution in [3.8, 4) is 0 Å². The molecule has 0 saturated carbocycles. The molecule has 22 heavy (non-hydrogen) atoms. The second-order valence-electron chi connectivity index (χ2n) is 5.01. The summed E-state index contributed by atoms with van der Waals surface area (Å²) >= 11 is 0. The summed E-state index contributed by atoms with van der Waals surface area (Å²) in [6, 6.07) is 6.28. The van der Waals surface area contributed by atoms with Crippen molar-refractivity contribution in [3.05, 3.63) is 29.8 Å². The Morgan fingerprint density at radius 2 is 2.09 bits per heavy atom. The Bertz CT molecular complexity index is 686. The highest BCUT2D eigenvalue weighted by Gasteiger charge is 2.29. The standard InChI is InChI=1S/C14H18N2O5S/c1-2-15(10-13(17)18)14(19)11-5-3-6-12(9-11)16-7-4-8-22(16,20)21/h3,5-6,9H,2,4,7-8,10H2,1H3,(H,17,18). The number of nitrogens with zero attached hydrogens (tertiary/aromatic N) is 2. The van der Waals surface area contributed by atoms with E-state index >= 15 is 0 Å². The molecule has 1 N–H and O–H groups in total. The summed E-state index contributed by atoms with van der Waals surface area (Å²) < 4.78 is 25.2. The zero-order chi connectivity index (χ0) is 16.3. The first-order valence-corrected chi connectivity index (χ1v) is 8.57. The zero-order valence-electron chi connectivity index (χ0n) is 12.2. The lowest BCUT2D eigenvalue weighted by Crippen LogP contribution is -2.35. The van der Waals surface area contributed by atoms with Crippen molar-refractivity contribution in [3.63, 3.8) is 0 Å². The van der Waals surface area contributed by atoms with Gasteiger partial charge in [0.05, 0.1) is 11.4 Å². The second kappa shape index (κ2) is 6.35. The van der Waals surface area contributed by atoms with Gasteiger partial charge in [-0.25, -0.2) is 8.42 Å². The van der Waals surface area contributed by atoms with E-state index in [1.807, 2.05) is 0 Å². The molecule has 1 aliphatic rings. The Morgan fingerprint density at radius 1 is 1.36 bits per heavy atom. The molecule has 0 aliphatic carbocycles. The van der Waals surface area contributed by atoms with Crippen molar-refractivity contribution in [1.82, 2.24) is 4.90 Å². The minimum Gasteiger partial charge on any atom is -0.480 e. The normalized spacial score (nSPS) is 16.5. The van der Waals surface area contributed by atoms with Crippen molar-refractivity contribution in [2.24, 2.45) is 0 Å². The van der Waals surface area contributed by atoms with E-state index in [9.17, 15) is 18.0 Å². The molecular formula is C14H18N2O5S. The summed E-state index contributed by atoms with van der Waals surface area (Å²) in [5, 5.41) is 8.83. The molecule has 2 rings (SSSR count). The zero-order valence-corrected chi connectivity index (χ0v) is 13.0. The minimum atomic E-state index is -3.31. The fraction of sp³-hybridized carbons (Fsp3) is 0.429. The first-order chi connectivity index (χ1) is 10.3. The maximum absolute atomic E-state index is 12.3. The number of rotatable bonds is 5. The van der Waals surface area contributed by atoms with Gasteiger partial charge in [0.25, 0.3) is 5.91 Å². The molecule has 0 atom stereocenters. The van der Waals surface area contributed by atoms with Crippen LogP contribution in [-0.4, -0.2) is 55.7 Å². The van der Waals surface area contributed by atoms with Gasteiger partial charge in [-0.05, 0) is 31.5 Å². The fourth-order valence-electron chi connectivity index (χ4n) is 2.40.